The van der Waals surface area contributed by atoms with Crippen LogP contribution in [0.15, 0.2) is 48.5 Å². The number of ether oxygens (including phenoxy) is 1. The molecule has 3 amide bonds. The lowest BCUT2D eigenvalue weighted by Crippen LogP contribution is -2.53. The first kappa shape index (κ1) is 27.7. The van der Waals surface area contributed by atoms with E-state index in [1.807, 2.05) is 30.3 Å². The number of carbonyl (C=O) groups excluding carboxylic acids is 3. The molecule has 0 unspecified atom stereocenters. The highest BCUT2D eigenvalue weighted by molar-refractivity contribution is 6.30. The third-order valence-electron chi connectivity index (χ3n) is 4.96. The molecule has 0 aliphatic rings. The van der Waals surface area contributed by atoms with E-state index in [1.54, 1.807) is 39.0 Å². The van der Waals surface area contributed by atoms with Crippen molar-refractivity contribution in [2.75, 3.05) is 0 Å². The number of nitriles is 1. The Labute approximate surface area is 211 Å². The van der Waals surface area contributed by atoms with Crippen molar-refractivity contribution < 1.29 is 19.1 Å². The van der Waals surface area contributed by atoms with E-state index in [9.17, 15) is 19.6 Å². The van der Waals surface area contributed by atoms with Crippen LogP contribution < -0.4 is 16.0 Å². The van der Waals surface area contributed by atoms with E-state index in [0.717, 1.165) is 5.56 Å². The van der Waals surface area contributed by atoms with Gasteiger partial charge in [0, 0.05) is 11.6 Å². The normalized spacial score (nSPS) is 12.6. The van der Waals surface area contributed by atoms with Gasteiger partial charge in [-0.05, 0) is 69.9 Å². The first-order valence-corrected chi connectivity index (χ1v) is 11.7. The molecule has 0 saturated heterocycles. The first-order chi connectivity index (χ1) is 16.5. The Hall–Kier alpha value is -3.57. The molecule has 35 heavy (non-hydrogen) atoms. The maximum absolute atomic E-state index is 13.0. The monoisotopic (exact) mass is 498 g/mol. The zero-order chi connectivity index (χ0) is 26.0. The van der Waals surface area contributed by atoms with Crippen molar-refractivity contribution in [1.82, 2.24) is 16.0 Å². The minimum Gasteiger partial charge on any atom is -0.444 e. The fraction of sp³-hybridized carbons (Fsp3) is 0.385. The van der Waals surface area contributed by atoms with Crippen molar-refractivity contribution in [2.45, 2.75) is 64.8 Å². The predicted molar refractivity (Wildman–Crippen MR) is 134 cm³/mol. The number of hydrogen-bond acceptors (Lipinski definition) is 5. The number of nitrogens with one attached hydrogen (secondary N) is 3. The van der Waals surface area contributed by atoms with Crippen molar-refractivity contribution in [3.05, 3.63) is 70.2 Å². The third kappa shape index (κ3) is 9.67. The largest absolute Gasteiger partial charge is 0.444 e. The maximum Gasteiger partial charge on any atom is 0.408 e. The molecule has 186 valence electrons. The Morgan fingerprint density at radius 3 is 2.37 bits per heavy atom. The number of carbonyl (C=O) groups is 3. The summed E-state index contributed by atoms with van der Waals surface area (Å²) in [6.45, 7) is 6.81. The number of amides is 3. The van der Waals surface area contributed by atoms with E-state index < -0.39 is 35.6 Å². The summed E-state index contributed by atoms with van der Waals surface area (Å²) in [6, 6.07) is 14.6. The van der Waals surface area contributed by atoms with E-state index in [4.69, 9.17) is 16.3 Å². The zero-order valence-electron chi connectivity index (χ0n) is 20.4. The van der Waals surface area contributed by atoms with Gasteiger partial charge in [0.05, 0.1) is 11.6 Å². The Kier molecular flexibility index (Phi) is 10.1. The molecule has 2 rings (SSSR count). The Balaban J connectivity index is 2.01. The second-order valence-corrected chi connectivity index (χ2v) is 9.52. The molecule has 0 spiro atoms. The fourth-order valence-electron chi connectivity index (χ4n) is 3.21. The summed E-state index contributed by atoms with van der Waals surface area (Å²) in [5, 5.41) is 17.6. The second kappa shape index (κ2) is 12.8. The molecule has 2 aromatic carbocycles. The van der Waals surface area contributed by atoms with Gasteiger partial charge in [-0.1, -0.05) is 41.9 Å². The van der Waals surface area contributed by atoms with E-state index in [0.29, 0.717) is 29.0 Å². The minimum atomic E-state index is -0.904. The van der Waals surface area contributed by atoms with Gasteiger partial charge in [0.25, 0.3) is 0 Å². The SMILES string of the molecule is C[C@H](NC(=O)[C@@H](CCc1ccccc1)NC(=O)OC(C)(C)C)C(=O)NCc1cc(Cl)ccc1C#N. The molecular weight excluding hydrogens is 468 g/mol. The van der Waals surface area contributed by atoms with Crippen LogP contribution in [0, 0.1) is 11.3 Å². The number of rotatable bonds is 9. The smallest absolute Gasteiger partial charge is 0.408 e. The van der Waals surface area contributed by atoms with E-state index in [1.165, 1.54) is 6.92 Å². The number of alkyl carbamates (subject to hydrolysis) is 1. The molecule has 3 N–H and O–H groups in total. The second-order valence-electron chi connectivity index (χ2n) is 9.08. The zero-order valence-corrected chi connectivity index (χ0v) is 21.1. The van der Waals surface area contributed by atoms with Gasteiger partial charge >= 0.3 is 6.09 Å². The minimum absolute atomic E-state index is 0.0795. The highest BCUT2D eigenvalue weighted by Gasteiger charge is 2.26. The summed E-state index contributed by atoms with van der Waals surface area (Å²) in [6.07, 6.45) is 0.145. The van der Waals surface area contributed by atoms with Gasteiger partial charge < -0.3 is 20.7 Å². The van der Waals surface area contributed by atoms with Gasteiger partial charge in [-0.3, -0.25) is 9.59 Å². The van der Waals surface area contributed by atoms with Crippen LogP contribution in [0.1, 0.15) is 50.8 Å². The highest BCUT2D eigenvalue weighted by Crippen LogP contribution is 2.15. The number of hydrogen-bond donors (Lipinski definition) is 3. The average Bonchev–Trinajstić information content (AvgIpc) is 2.79. The fourth-order valence-corrected chi connectivity index (χ4v) is 3.40. The quantitative estimate of drug-likeness (QED) is 0.485. The molecular formula is C26H31ClN4O4. The van der Waals surface area contributed by atoms with Gasteiger partial charge in [-0.25, -0.2) is 4.79 Å². The van der Waals surface area contributed by atoms with Crippen LogP contribution in [-0.2, 0) is 27.3 Å². The van der Waals surface area contributed by atoms with Crippen LogP contribution in [-0.4, -0.2) is 35.6 Å². The summed E-state index contributed by atoms with van der Waals surface area (Å²) in [5.41, 5.74) is 1.25. The lowest BCUT2D eigenvalue weighted by atomic mass is 10.0. The van der Waals surface area contributed by atoms with Crippen molar-refractivity contribution in [3.63, 3.8) is 0 Å². The lowest BCUT2D eigenvalue weighted by molar-refractivity contribution is -0.129. The third-order valence-corrected chi connectivity index (χ3v) is 5.20. The topological polar surface area (TPSA) is 120 Å². The summed E-state index contributed by atoms with van der Waals surface area (Å²) < 4.78 is 5.30. The number of benzene rings is 2. The molecule has 8 nitrogen and oxygen atoms in total. The molecule has 0 heterocycles. The van der Waals surface area contributed by atoms with Gasteiger partial charge in [0.2, 0.25) is 11.8 Å². The summed E-state index contributed by atoms with van der Waals surface area (Å²) in [4.78, 5) is 37.9. The Morgan fingerprint density at radius 1 is 1.06 bits per heavy atom. The van der Waals surface area contributed by atoms with Crippen LogP contribution in [0.4, 0.5) is 4.79 Å². The van der Waals surface area contributed by atoms with Crippen molar-refractivity contribution in [1.29, 1.82) is 5.26 Å². The van der Waals surface area contributed by atoms with Crippen molar-refractivity contribution >= 4 is 29.5 Å². The summed E-state index contributed by atoms with van der Waals surface area (Å²) in [7, 11) is 0. The van der Waals surface area contributed by atoms with Gasteiger partial charge in [0.15, 0.2) is 0 Å². The van der Waals surface area contributed by atoms with Gasteiger partial charge in [-0.15, -0.1) is 0 Å². The van der Waals surface area contributed by atoms with E-state index in [-0.39, 0.29) is 6.54 Å². The average molecular weight is 499 g/mol. The standard InChI is InChI=1S/C26H31ClN4O4/c1-17(23(32)29-16-20-14-21(27)12-11-19(20)15-28)30-24(33)22(31-25(34)35-26(2,3)4)13-10-18-8-6-5-7-9-18/h5-9,11-12,14,17,22H,10,13,16H2,1-4H3,(H,29,32)(H,30,33)(H,31,34)/t17-,22+/m0/s1. The van der Waals surface area contributed by atoms with Crippen LogP contribution in [0.3, 0.4) is 0 Å². The summed E-state index contributed by atoms with van der Waals surface area (Å²) in [5.74, 6) is -0.948. The number of nitrogens with zero attached hydrogens (tertiary/aromatic N) is 1. The lowest BCUT2D eigenvalue weighted by Gasteiger charge is -2.24. The molecule has 0 radical (unpaired) electrons. The number of aryl methyl sites for hydroxylation is 1. The first-order valence-electron chi connectivity index (χ1n) is 11.3. The van der Waals surface area contributed by atoms with Crippen molar-refractivity contribution in [2.24, 2.45) is 0 Å². The van der Waals surface area contributed by atoms with Crippen LogP contribution in [0.25, 0.3) is 0 Å². The summed E-state index contributed by atoms with van der Waals surface area (Å²) >= 11 is 5.99. The number of halogens is 1. The van der Waals surface area contributed by atoms with E-state index in [2.05, 4.69) is 22.0 Å². The Bertz CT molecular complexity index is 1080. The predicted octanol–water partition coefficient (Wildman–Crippen LogP) is 3.86. The maximum atomic E-state index is 13.0. The highest BCUT2D eigenvalue weighted by atomic mass is 35.5. The van der Waals surface area contributed by atoms with Gasteiger partial charge in [-0.2, -0.15) is 5.26 Å². The van der Waals surface area contributed by atoms with Gasteiger partial charge in [0.1, 0.15) is 17.7 Å². The van der Waals surface area contributed by atoms with Crippen LogP contribution >= 0.6 is 11.6 Å². The molecule has 0 aliphatic carbocycles. The molecule has 0 saturated carbocycles. The Morgan fingerprint density at radius 2 is 1.74 bits per heavy atom. The molecule has 2 atom stereocenters. The van der Waals surface area contributed by atoms with Crippen LogP contribution in [0.2, 0.25) is 5.02 Å². The van der Waals surface area contributed by atoms with Crippen molar-refractivity contribution in [3.8, 4) is 6.07 Å². The molecule has 0 aliphatic heterocycles. The molecule has 0 bridgehead atoms. The molecule has 9 heteroatoms. The van der Waals surface area contributed by atoms with Crippen LogP contribution in [0.5, 0.6) is 0 Å². The molecule has 0 fully saturated rings. The molecule has 2 aromatic rings. The van der Waals surface area contributed by atoms with E-state index >= 15 is 0 Å². The molecule has 0 aromatic heterocycles.